The Bertz CT molecular complexity index is 1360. The third-order valence-corrected chi connectivity index (χ3v) is 6.76. The number of nitrogens with zero attached hydrogens (tertiary/aromatic N) is 4. The number of likely N-dealkylation sites (N-methyl/N-ethyl adjacent to an activating group) is 1. The second kappa shape index (κ2) is 10.2. The fourth-order valence-corrected chi connectivity index (χ4v) is 4.30. The number of hydrogen-bond acceptors (Lipinski definition) is 7. The normalized spacial score (nSPS) is 11.8. The molecule has 0 radical (unpaired) electrons. The summed E-state index contributed by atoms with van der Waals surface area (Å²) in [5.74, 6) is 1.24. The summed E-state index contributed by atoms with van der Waals surface area (Å²) in [6.07, 6.45) is 4.85. The van der Waals surface area contributed by atoms with Crippen LogP contribution in [0.2, 0.25) is 0 Å². The van der Waals surface area contributed by atoms with Gasteiger partial charge in [-0.25, -0.2) is 13.4 Å². The van der Waals surface area contributed by atoms with Crippen LogP contribution in [0.3, 0.4) is 0 Å². The van der Waals surface area contributed by atoms with E-state index in [9.17, 15) is 8.42 Å². The van der Waals surface area contributed by atoms with Crippen LogP contribution in [0.5, 0.6) is 5.75 Å². The minimum Gasteiger partial charge on any atom is -0.492 e. The molecular weight excluding hydrogens is 450 g/mol. The van der Waals surface area contributed by atoms with E-state index in [1.165, 1.54) is 6.26 Å². The zero-order valence-corrected chi connectivity index (χ0v) is 20.4. The van der Waals surface area contributed by atoms with E-state index in [4.69, 9.17) is 9.72 Å². The first-order valence-electron chi connectivity index (χ1n) is 11.2. The van der Waals surface area contributed by atoms with Crippen molar-refractivity contribution < 1.29 is 13.2 Å². The van der Waals surface area contributed by atoms with Crippen molar-refractivity contribution >= 4 is 32.5 Å². The molecule has 4 aromatic rings. The SMILES string of the molecule is CCN(CC)CCOc1cccc(Nc2ncc3ccn(-c4ccc(S(C)(=O)=O)cc4)c3n2)c1. The van der Waals surface area contributed by atoms with E-state index >= 15 is 0 Å². The van der Waals surface area contributed by atoms with E-state index in [-0.39, 0.29) is 4.90 Å². The topological polar surface area (TPSA) is 89.4 Å². The minimum atomic E-state index is -3.25. The van der Waals surface area contributed by atoms with Gasteiger partial charge >= 0.3 is 0 Å². The van der Waals surface area contributed by atoms with E-state index in [2.05, 4.69) is 29.0 Å². The molecule has 4 rings (SSSR count). The van der Waals surface area contributed by atoms with E-state index in [1.807, 2.05) is 41.1 Å². The third kappa shape index (κ3) is 5.55. The molecule has 34 heavy (non-hydrogen) atoms. The first kappa shape index (κ1) is 23.7. The maximum absolute atomic E-state index is 11.8. The quantitative estimate of drug-likeness (QED) is 0.363. The highest BCUT2D eigenvalue weighted by molar-refractivity contribution is 7.90. The van der Waals surface area contributed by atoms with Crippen molar-refractivity contribution in [3.63, 3.8) is 0 Å². The average Bonchev–Trinajstić information content (AvgIpc) is 3.25. The molecule has 1 N–H and O–H groups in total. The highest BCUT2D eigenvalue weighted by Gasteiger charge is 2.10. The van der Waals surface area contributed by atoms with E-state index in [0.29, 0.717) is 12.6 Å². The summed E-state index contributed by atoms with van der Waals surface area (Å²) < 4.78 is 31.3. The molecule has 0 amide bonds. The maximum atomic E-state index is 11.8. The van der Waals surface area contributed by atoms with Crippen LogP contribution in [0.4, 0.5) is 11.6 Å². The van der Waals surface area contributed by atoms with E-state index in [0.717, 1.165) is 47.8 Å². The smallest absolute Gasteiger partial charge is 0.229 e. The lowest BCUT2D eigenvalue weighted by Gasteiger charge is -2.18. The molecule has 178 valence electrons. The van der Waals surface area contributed by atoms with Gasteiger partial charge in [-0.2, -0.15) is 4.98 Å². The molecule has 0 aliphatic rings. The summed E-state index contributed by atoms with van der Waals surface area (Å²) in [7, 11) is -3.25. The van der Waals surface area contributed by atoms with Crippen LogP contribution in [0.25, 0.3) is 16.7 Å². The average molecular weight is 480 g/mol. The van der Waals surface area contributed by atoms with Crippen LogP contribution in [-0.2, 0) is 9.84 Å². The van der Waals surface area contributed by atoms with Gasteiger partial charge < -0.3 is 19.5 Å². The second-order valence-corrected chi connectivity index (χ2v) is 9.97. The van der Waals surface area contributed by atoms with Gasteiger partial charge in [-0.1, -0.05) is 19.9 Å². The van der Waals surface area contributed by atoms with Gasteiger partial charge in [0, 0.05) is 48.0 Å². The molecular formula is C25H29N5O3S. The first-order valence-corrected chi connectivity index (χ1v) is 13.1. The van der Waals surface area contributed by atoms with Crippen LogP contribution in [-0.4, -0.2) is 60.3 Å². The second-order valence-electron chi connectivity index (χ2n) is 7.95. The Morgan fingerprint density at radius 2 is 1.82 bits per heavy atom. The number of anilines is 2. The zero-order chi connectivity index (χ0) is 24.1. The molecule has 2 aromatic carbocycles. The molecule has 0 unspecified atom stereocenters. The molecule has 0 spiro atoms. The van der Waals surface area contributed by atoms with Gasteiger partial charge in [0.05, 0.1) is 4.90 Å². The standard InChI is InChI=1S/C25H29N5O3S/c1-4-29(5-2)15-16-33-22-8-6-7-20(17-22)27-25-26-18-19-13-14-30(24(19)28-25)21-9-11-23(12-10-21)34(3,31)32/h6-14,17-18H,4-5,15-16H2,1-3H3,(H,26,27,28). The number of rotatable bonds is 10. The lowest BCUT2D eigenvalue weighted by molar-refractivity contribution is 0.223. The number of nitrogens with one attached hydrogen (secondary N) is 1. The molecule has 0 atom stereocenters. The lowest BCUT2D eigenvalue weighted by atomic mass is 10.3. The summed E-state index contributed by atoms with van der Waals surface area (Å²) >= 11 is 0. The number of aromatic nitrogens is 3. The Hall–Kier alpha value is -3.43. The highest BCUT2D eigenvalue weighted by atomic mass is 32.2. The van der Waals surface area contributed by atoms with Crippen molar-refractivity contribution in [3.05, 3.63) is 67.0 Å². The Morgan fingerprint density at radius 1 is 1.06 bits per heavy atom. The fourth-order valence-electron chi connectivity index (χ4n) is 3.67. The Labute approximate surface area is 200 Å². The number of benzene rings is 2. The Balaban J connectivity index is 1.51. The van der Waals surface area contributed by atoms with Crippen LogP contribution in [0.15, 0.2) is 71.9 Å². The minimum absolute atomic E-state index is 0.281. The van der Waals surface area contributed by atoms with Gasteiger partial charge in [-0.15, -0.1) is 0 Å². The number of hydrogen-bond donors (Lipinski definition) is 1. The van der Waals surface area contributed by atoms with Crippen LogP contribution >= 0.6 is 0 Å². The van der Waals surface area contributed by atoms with Crippen molar-refractivity contribution in [2.24, 2.45) is 0 Å². The van der Waals surface area contributed by atoms with Gasteiger partial charge in [-0.05, 0) is 55.6 Å². The Kier molecular flexibility index (Phi) is 7.14. The van der Waals surface area contributed by atoms with E-state index in [1.54, 1.807) is 30.5 Å². The summed E-state index contributed by atoms with van der Waals surface area (Å²) in [4.78, 5) is 11.7. The van der Waals surface area contributed by atoms with Crippen LogP contribution in [0, 0.1) is 0 Å². The largest absolute Gasteiger partial charge is 0.492 e. The molecule has 0 saturated carbocycles. The molecule has 2 aromatic heterocycles. The van der Waals surface area contributed by atoms with Gasteiger partial charge in [0.25, 0.3) is 0 Å². The van der Waals surface area contributed by atoms with Crippen molar-refractivity contribution in [2.75, 3.05) is 37.8 Å². The van der Waals surface area contributed by atoms with Crippen molar-refractivity contribution in [1.82, 2.24) is 19.4 Å². The summed E-state index contributed by atoms with van der Waals surface area (Å²) in [5.41, 5.74) is 2.36. The van der Waals surface area contributed by atoms with Crippen molar-refractivity contribution in [1.29, 1.82) is 0 Å². The number of sulfone groups is 1. The maximum Gasteiger partial charge on any atom is 0.229 e. The summed E-state index contributed by atoms with van der Waals surface area (Å²) in [5, 5.41) is 4.13. The molecule has 0 aliphatic heterocycles. The molecule has 8 nitrogen and oxygen atoms in total. The van der Waals surface area contributed by atoms with Crippen molar-refractivity contribution in [3.8, 4) is 11.4 Å². The highest BCUT2D eigenvalue weighted by Crippen LogP contribution is 2.23. The van der Waals surface area contributed by atoms with Gasteiger partial charge in [0.1, 0.15) is 18.0 Å². The molecule has 0 aliphatic carbocycles. The Morgan fingerprint density at radius 3 is 2.53 bits per heavy atom. The predicted octanol–water partition coefficient (Wildman–Crippen LogP) is 4.29. The lowest BCUT2D eigenvalue weighted by Crippen LogP contribution is -2.27. The zero-order valence-electron chi connectivity index (χ0n) is 19.6. The molecule has 0 bridgehead atoms. The molecule has 9 heteroatoms. The predicted molar refractivity (Wildman–Crippen MR) is 135 cm³/mol. The first-order chi connectivity index (χ1) is 16.4. The van der Waals surface area contributed by atoms with Gasteiger partial charge in [0.2, 0.25) is 5.95 Å². The fraction of sp³-hybridized carbons (Fsp3) is 0.280. The number of ether oxygens (including phenoxy) is 1. The van der Waals surface area contributed by atoms with E-state index < -0.39 is 9.84 Å². The van der Waals surface area contributed by atoms with Crippen LogP contribution < -0.4 is 10.1 Å². The monoisotopic (exact) mass is 479 g/mol. The molecule has 0 saturated heterocycles. The number of fused-ring (bicyclic) bond motifs is 1. The van der Waals surface area contributed by atoms with Crippen molar-refractivity contribution in [2.45, 2.75) is 18.7 Å². The van der Waals surface area contributed by atoms with Gasteiger partial charge in [-0.3, -0.25) is 0 Å². The van der Waals surface area contributed by atoms with Gasteiger partial charge in [0.15, 0.2) is 9.84 Å². The molecule has 0 fully saturated rings. The summed E-state index contributed by atoms with van der Waals surface area (Å²) in [6, 6.07) is 16.4. The summed E-state index contributed by atoms with van der Waals surface area (Å²) in [6.45, 7) is 7.80. The van der Waals surface area contributed by atoms with Crippen LogP contribution in [0.1, 0.15) is 13.8 Å². The third-order valence-electron chi connectivity index (χ3n) is 5.63. The molecule has 2 heterocycles.